The third-order valence-corrected chi connectivity index (χ3v) is 2.67. The zero-order valence-corrected chi connectivity index (χ0v) is 10.5. The molecule has 6 heteroatoms. The molecule has 0 saturated carbocycles. The van der Waals surface area contributed by atoms with Gasteiger partial charge in [-0.15, -0.1) is 0 Å². The van der Waals surface area contributed by atoms with E-state index >= 15 is 0 Å². The molecule has 2 atom stereocenters. The molecule has 1 amide bonds. The molecule has 18 heavy (non-hydrogen) atoms. The number of aromatic nitrogens is 1. The lowest BCUT2D eigenvalue weighted by molar-refractivity contribution is 0.0696. The van der Waals surface area contributed by atoms with Gasteiger partial charge in [-0.25, -0.2) is 4.79 Å². The van der Waals surface area contributed by atoms with Crippen LogP contribution in [0.5, 0.6) is 0 Å². The average molecular weight is 252 g/mol. The number of rotatable bonds is 5. The number of nitrogens with one attached hydrogen (secondary N) is 1. The Hall–Kier alpha value is -1.95. The summed E-state index contributed by atoms with van der Waals surface area (Å²) in [5.74, 6) is -1.51. The van der Waals surface area contributed by atoms with Crippen molar-refractivity contribution in [2.45, 2.75) is 26.0 Å². The first kappa shape index (κ1) is 14.1. The number of amides is 1. The molecule has 1 heterocycles. The summed E-state index contributed by atoms with van der Waals surface area (Å²) in [6.07, 6.45) is 1.15. The first-order chi connectivity index (χ1) is 8.45. The third-order valence-electron chi connectivity index (χ3n) is 2.67. The van der Waals surface area contributed by atoms with Gasteiger partial charge in [-0.1, -0.05) is 0 Å². The number of carbonyl (C=O) groups excluding carboxylic acids is 1. The van der Waals surface area contributed by atoms with E-state index in [9.17, 15) is 9.59 Å². The number of carboxylic acid groups (broad SMARTS) is 1. The highest BCUT2D eigenvalue weighted by atomic mass is 16.5. The van der Waals surface area contributed by atoms with Gasteiger partial charge in [-0.2, -0.15) is 0 Å². The highest BCUT2D eigenvalue weighted by Gasteiger charge is 2.17. The molecule has 1 aromatic rings. The Morgan fingerprint density at radius 2 is 2.11 bits per heavy atom. The van der Waals surface area contributed by atoms with E-state index in [4.69, 9.17) is 9.84 Å². The van der Waals surface area contributed by atoms with Gasteiger partial charge in [0.25, 0.3) is 5.91 Å². The Balaban J connectivity index is 2.78. The van der Waals surface area contributed by atoms with Gasteiger partial charge >= 0.3 is 5.97 Å². The van der Waals surface area contributed by atoms with Gasteiger partial charge in [-0.3, -0.25) is 9.78 Å². The summed E-state index contributed by atoms with van der Waals surface area (Å²) in [5.41, 5.74) is 0.104. The Labute approximate surface area is 105 Å². The molecule has 0 aliphatic carbocycles. The van der Waals surface area contributed by atoms with Crippen molar-refractivity contribution in [1.82, 2.24) is 10.3 Å². The van der Waals surface area contributed by atoms with E-state index in [-0.39, 0.29) is 23.4 Å². The summed E-state index contributed by atoms with van der Waals surface area (Å²) in [6.45, 7) is 3.62. The fourth-order valence-corrected chi connectivity index (χ4v) is 1.29. The molecular formula is C12H16N2O4. The SMILES string of the molecule is COC(C)[C@H](C)NC(=O)c1cc(C(=O)O)ccn1. The summed E-state index contributed by atoms with van der Waals surface area (Å²) in [5, 5.41) is 11.5. The van der Waals surface area contributed by atoms with Gasteiger partial charge in [0.2, 0.25) is 0 Å². The fourth-order valence-electron chi connectivity index (χ4n) is 1.29. The zero-order chi connectivity index (χ0) is 13.7. The molecule has 0 aromatic carbocycles. The summed E-state index contributed by atoms with van der Waals surface area (Å²) in [7, 11) is 1.55. The van der Waals surface area contributed by atoms with E-state index in [1.165, 1.54) is 18.3 Å². The quantitative estimate of drug-likeness (QED) is 0.814. The summed E-state index contributed by atoms with van der Waals surface area (Å²) < 4.78 is 5.08. The Morgan fingerprint density at radius 1 is 1.44 bits per heavy atom. The van der Waals surface area contributed by atoms with Crippen LogP contribution in [-0.2, 0) is 4.74 Å². The number of nitrogens with zero attached hydrogens (tertiary/aromatic N) is 1. The maximum absolute atomic E-state index is 11.8. The average Bonchev–Trinajstić information content (AvgIpc) is 2.37. The van der Waals surface area contributed by atoms with Gasteiger partial charge in [-0.05, 0) is 26.0 Å². The Bertz CT molecular complexity index is 447. The smallest absolute Gasteiger partial charge is 0.335 e. The van der Waals surface area contributed by atoms with Crippen LogP contribution in [0.1, 0.15) is 34.7 Å². The first-order valence-corrected chi connectivity index (χ1v) is 5.48. The van der Waals surface area contributed by atoms with Crippen LogP contribution in [0.2, 0.25) is 0 Å². The predicted molar refractivity (Wildman–Crippen MR) is 64.6 cm³/mol. The third kappa shape index (κ3) is 3.53. The van der Waals surface area contributed by atoms with Crippen molar-refractivity contribution in [2.75, 3.05) is 7.11 Å². The molecule has 1 unspecified atom stereocenters. The van der Waals surface area contributed by atoms with Gasteiger partial charge in [0.15, 0.2) is 0 Å². The fraction of sp³-hybridized carbons (Fsp3) is 0.417. The molecule has 1 aromatic heterocycles. The van der Waals surface area contributed by atoms with Crippen molar-refractivity contribution >= 4 is 11.9 Å². The predicted octanol–water partition coefficient (Wildman–Crippen LogP) is 0.933. The van der Waals surface area contributed by atoms with Crippen LogP contribution >= 0.6 is 0 Å². The van der Waals surface area contributed by atoms with Crippen molar-refractivity contribution in [2.24, 2.45) is 0 Å². The highest BCUT2D eigenvalue weighted by Crippen LogP contribution is 2.03. The molecule has 0 bridgehead atoms. The van der Waals surface area contributed by atoms with E-state index < -0.39 is 11.9 Å². The van der Waals surface area contributed by atoms with Gasteiger partial charge in [0.05, 0.1) is 17.7 Å². The molecule has 6 nitrogen and oxygen atoms in total. The van der Waals surface area contributed by atoms with Crippen molar-refractivity contribution in [3.8, 4) is 0 Å². The van der Waals surface area contributed by atoms with Crippen LogP contribution < -0.4 is 5.32 Å². The molecule has 98 valence electrons. The molecule has 0 spiro atoms. The number of aromatic carboxylic acids is 1. The van der Waals surface area contributed by atoms with E-state index in [0.29, 0.717) is 0 Å². The normalized spacial score (nSPS) is 13.7. The molecule has 0 fully saturated rings. The second-order valence-electron chi connectivity index (χ2n) is 3.94. The summed E-state index contributed by atoms with van der Waals surface area (Å²) in [6, 6.07) is 2.38. The number of methoxy groups -OCH3 is 1. The van der Waals surface area contributed by atoms with E-state index in [2.05, 4.69) is 10.3 Å². The van der Waals surface area contributed by atoms with Gasteiger partial charge in [0, 0.05) is 13.3 Å². The minimum Gasteiger partial charge on any atom is -0.478 e. The van der Waals surface area contributed by atoms with Crippen LogP contribution in [0.25, 0.3) is 0 Å². The molecule has 0 aliphatic rings. The monoisotopic (exact) mass is 252 g/mol. The lowest BCUT2D eigenvalue weighted by atomic mass is 10.2. The van der Waals surface area contributed by atoms with Crippen molar-refractivity contribution in [3.63, 3.8) is 0 Å². The van der Waals surface area contributed by atoms with Crippen LogP contribution in [0.4, 0.5) is 0 Å². The maximum atomic E-state index is 11.8. The van der Waals surface area contributed by atoms with Crippen LogP contribution in [-0.4, -0.2) is 41.2 Å². The zero-order valence-electron chi connectivity index (χ0n) is 10.5. The molecule has 0 saturated heterocycles. The number of ether oxygens (including phenoxy) is 1. The molecule has 2 N–H and O–H groups in total. The molecule has 1 rings (SSSR count). The number of carbonyl (C=O) groups is 2. The Morgan fingerprint density at radius 3 is 2.67 bits per heavy atom. The number of carboxylic acids is 1. The van der Waals surface area contributed by atoms with E-state index in [0.717, 1.165) is 0 Å². The topological polar surface area (TPSA) is 88.5 Å². The number of hydrogen-bond acceptors (Lipinski definition) is 4. The number of pyridine rings is 1. The molecule has 0 aliphatic heterocycles. The lowest BCUT2D eigenvalue weighted by Gasteiger charge is -2.19. The van der Waals surface area contributed by atoms with Gasteiger partial charge < -0.3 is 15.2 Å². The second kappa shape index (κ2) is 6.11. The van der Waals surface area contributed by atoms with Crippen LogP contribution in [0.3, 0.4) is 0 Å². The van der Waals surface area contributed by atoms with Crippen molar-refractivity contribution in [3.05, 3.63) is 29.6 Å². The molecular weight excluding hydrogens is 236 g/mol. The Kier molecular flexibility index (Phi) is 4.79. The van der Waals surface area contributed by atoms with Crippen molar-refractivity contribution in [1.29, 1.82) is 0 Å². The minimum absolute atomic E-state index is 0.0302. The van der Waals surface area contributed by atoms with E-state index in [1.54, 1.807) is 14.0 Å². The lowest BCUT2D eigenvalue weighted by Crippen LogP contribution is -2.40. The maximum Gasteiger partial charge on any atom is 0.335 e. The van der Waals surface area contributed by atoms with Crippen LogP contribution in [0.15, 0.2) is 18.3 Å². The summed E-state index contributed by atoms with van der Waals surface area (Å²) in [4.78, 5) is 26.4. The van der Waals surface area contributed by atoms with Gasteiger partial charge in [0.1, 0.15) is 5.69 Å². The number of hydrogen-bond donors (Lipinski definition) is 2. The largest absolute Gasteiger partial charge is 0.478 e. The highest BCUT2D eigenvalue weighted by molar-refractivity contribution is 5.95. The van der Waals surface area contributed by atoms with E-state index in [1.807, 2.05) is 6.92 Å². The second-order valence-corrected chi connectivity index (χ2v) is 3.94. The minimum atomic E-state index is -1.09. The summed E-state index contributed by atoms with van der Waals surface area (Å²) >= 11 is 0. The molecule has 0 radical (unpaired) electrons. The van der Waals surface area contributed by atoms with Crippen LogP contribution in [0, 0.1) is 0 Å². The van der Waals surface area contributed by atoms with Crippen molar-refractivity contribution < 1.29 is 19.4 Å². The first-order valence-electron chi connectivity index (χ1n) is 5.48. The standard InChI is InChI=1S/C12H16N2O4/c1-7(8(2)18-3)14-11(15)10-6-9(12(16)17)4-5-13-10/h4-8H,1-3H3,(H,14,15)(H,16,17)/t7-,8?/m0/s1.